The first-order valence-electron chi connectivity index (χ1n) is 5.45. The van der Waals surface area contributed by atoms with Crippen LogP contribution in [0.3, 0.4) is 0 Å². The Bertz CT molecular complexity index is 575. The first kappa shape index (κ1) is 13.3. The summed E-state index contributed by atoms with van der Waals surface area (Å²) in [6.07, 6.45) is 4.79. The lowest BCUT2D eigenvalue weighted by molar-refractivity contribution is -0.118. The van der Waals surface area contributed by atoms with Gasteiger partial charge in [-0.15, -0.1) is 0 Å². The van der Waals surface area contributed by atoms with Crippen LogP contribution in [-0.2, 0) is 11.8 Å². The van der Waals surface area contributed by atoms with Crippen molar-refractivity contribution in [3.63, 3.8) is 0 Å². The van der Waals surface area contributed by atoms with Gasteiger partial charge in [-0.25, -0.2) is 10.4 Å². The molecule has 0 fully saturated rings. The van der Waals surface area contributed by atoms with Gasteiger partial charge in [-0.3, -0.25) is 14.6 Å². The molecule has 0 aliphatic rings. The summed E-state index contributed by atoms with van der Waals surface area (Å²) in [6, 6.07) is 0. The van der Waals surface area contributed by atoms with Crippen molar-refractivity contribution in [1.82, 2.24) is 30.4 Å². The minimum atomic E-state index is -0.209. The molecule has 0 aliphatic heterocycles. The number of hydrazone groups is 1. The lowest BCUT2D eigenvalue weighted by Crippen LogP contribution is -2.19. The predicted octanol–water partition coefficient (Wildman–Crippen LogP) is 0.0890. The Kier molecular flexibility index (Phi) is 4.29. The molecule has 19 heavy (non-hydrogen) atoms. The predicted molar refractivity (Wildman–Crippen MR) is 70.8 cm³/mol. The Balaban J connectivity index is 1.78. The number of aryl methyl sites for hydroxylation is 2. The second-order valence-corrected chi connectivity index (χ2v) is 4.68. The number of thioether (sulfide) groups is 1. The number of aromatic amines is 1. The van der Waals surface area contributed by atoms with Crippen LogP contribution in [0.25, 0.3) is 0 Å². The number of hydrogen-bond acceptors (Lipinski definition) is 6. The van der Waals surface area contributed by atoms with E-state index in [-0.39, 0.29) is 11.7 Å². The van der Waals surface area contributed by atoms with Crippen LogP contribution < -0.4 is 5.43 Å². The summed E-state index contributed by atoms with van der Waals surface area (Å²) < 4.78 is 1.69. The van der Waals surface area contributed by atoms with Gasteiger partial charge in [0.1, 0.15) is 6.33 Å². The maximum atomic E-state index is 11.5. The normalized spacial score (nSPS) is 11.1. The van der Waals surface area contributed by atoms with Gasteiger partial charge in [0.2, 0.25) is 0 Å². The van der Waals surface area contributed by atoms with Gasteiger partial charge in [0, 0.05) is 18.8 Å². The molecule has 0 saturated carbocycles. The van der Waals surface area contributed by atoms with Crippen LogP contribution in [0.4, 0.5) is 0 Å². The van der Waals surface area contributed by atoms with Crippen LogP contribution >= 0.6 is 11.8 Å². The summed E-state index contributed by atoms with van der Waals surface area (Å²) in [5.74, 6) is 0.0117. The van der Waals surface area contributed by atoms with Gasteiger partial charge in [0.05, 0.1) is 17.7 Å². The summed E-state index contributed by atoms with van der Waals surface area (Å²) in [6.45, 7) is 1.88. The SMILES string of the molecule is Cc1nn(C)cc1/C=N\NC(=O)CSc1ncn[nH]1. The molecule has 2 aromatic rings. The van der Waals surface area contributed by atoms with Crippen LogP contribution in [0, 0.1) is 6.92 Å². The molecule has 0 aromatic carbocycles. The molecule has 0 aliphatic carbocycles. The maximum absolute atomic E-state index is 11.5. The second kappa shape index (κ2) is 6.14. The average molecular weight is 279 g/mol. The molecule has 2 aromatic heterocycles. The van der Waals surface area contributed by atoms with Crippen LogP contribution in [0.2, 0.25) is 0 Å². The van der Waals surface area contributed by atoms with E-state index in [0.29, 0.717) is 5.16 Å². The van der Waals surface area contributed by atoms with E-state index in [0.717, 1.165) is 11.3 Å². The monoisotopic (exact) mass is 279 g/mol. The van der Waals surface area contributed by atoms with Crippen molar-refractivity contribution >= 4 is 23.9 Å². The zero-order chi connectivity index (χ0) is 13.7. The molecule has 0 saturated heterocycles. The largest absolute Gasteiger partial charge is 0.275 e. The lowest BCUT2D eigenvalue weighted by atomic mass is 10.3. The zero-order valence-electron chi connectivity index (χ0n) is 10.5. The molecule has 0 unspecified atom stereocenters. The van der Waals surface area contributed by atoms with Gasteiger partial charge in [-0.2, -0.15) is 15.3 Å². The summed E-state index contributed by atoms with van der Waals surface area (Å²) in [5.41, 5.74) is 4.16. The number of hydrogen-bond donors (Lipinski definition) is 2. The van der Waals surface area contributed by atoms with Crippen LogP contribution in [0.15, 0.2) is 22.8 Å². The van der Waals surface area contributed by atoms with E-state index in [2.05, 4.69) is 30.8 Å². The van der Waals surface area contributed by atoms with E-state index in [1.54, 1.807) is 10.9 Å². The van der Waals surface area contributed by atoms with Gasteiger partial charge in [-0.1, -0.05) is 11.8 Å². The molecule has 2 rings (SSSR count). The average Bonchev–Trinajstić information content (AvgIpc) is 2.97. The number of nitrogens with one attached hydrogen (secondary N) is 2. The number of amides is 1. The van der Waals surface area contributed by atoms with Gasteiger partial charge in [0.15, 0.2) is 5.16 Å². The Labute approximate surface area is 113 Å². The highest BCUT2D eigenvalue weighted by Crippen LogP contribution is 2.09. The smallest absolute Gasteiger partial charge is 0.250 e. The summed E-state index contributed by atoms with van der Waals surface area (Å²) in [7, 11) is 1.83. The summed E-state index contributed by atoms with van der Waals surface area (Å²) in [4.78, 5) is 15.4. The number of carbonyl (C=O) groups is 1. The number of H-pyrrole nitrogens is 1. The summed E-state index contributed by atoms with van der Waals surface area (Å²) in [5, 5.41) is 15.0. The highest BCUT2D eigenvalue weighted by molar-refractivity contribution is 7.99. The van der Waals surface area contributed by atoms with Gasteiger partial charge >= 0.3 is 0 Å². The lowest BCUT2D eigenvalue weighted by Gasteiger charge is -1.96. The van der Waals surface area contributed by atoms with Crippen molar-refractivity contribution in [2.24, 2.45) is 12.1 Å². The van der Waals surface area contributed by atoms with Crippen molar-refractivity contribution in [3.05, 3.63) is 23.8 Å². The first-order valence-corrected chi connectivity index (χ1v) is 6.44. The Morgan fingerprint density at radius 1 is 1.68 bits per heavy atom. The van der Waals surface area contributed by atoms with E-state index >= 15 is 0 Å². The molecular formula is C10H13N7OS. The molecule has 0 atom stereocenters. The number of aromatic nitrogens is 5. The van der Waals surface area contributed by atoms with Crippen molar-refractivity contribution in [3.8, 4) is 0 Å². The Hall–Kier alpha value is -2.16. The van der Waals surface area contributed by atoms with Crippen LogP contribution in [0.1, 0.15) is 11.3 Å². The third-order valence-electron chi connectivity index (χ3n) is 2.18. The molecular weight excluding hydrogens is 266 g/mol. The molecule has 2 heterocycles. The van der Waals surface area contributed by atoms with Gasteiger partial charge < -0.3 is 0 Å². The fourth-order valence-electron chi connectivity index (χ4n) is 1.35. The highest BCUT2D eigenvalue weighted by atomic mass is 32.2. The van der Waals surface area contributed by atoms with Crippen molar-refractivity contribution < 1.29 is 4.79 Å². The topological polar surface area (TPSA) is 101 Å². The quantitative estimate of drug-likeness (QED) is 0.459. The van der Waals surface area contributed by atoms with Crippen LogP contribution in [-0.4, -0.2) is 42.8 Å². The number of rotatable bonds is 5. The molecule has 0 radical (unpaired) electrons. The second-order valence-electron chi connectivity index (χ2n) is 3.72. The summed E-state index contributed by atoms with van der Waals surface area (Å²) >= 11 is 1.26. The molecule has 0 bridgehead atoms. The molecule has 100 valence electrons. The number of nitrogens with zero attached hydrogens (tertiary/aromatic N) is 5. The molecule has 2 N–H and O–H groups in total. The zero-order valence-corrected chi connectivity index (χ0v) is 11.3. The first-order chi connectivity index (χ1) is 9.15. The minimum absolute atomic E-state index is 0.209. The highest BCUT2D eigenvalue weighted by Gasteiger charge is 2.03. The minimum Gasteiger partial charge on any atom is -0.275 e. The van der Waals surface area contributed by atoms with Crippen molar-refractivity contribution in [2.75, 3.05) is 5.75 Å². The fourth-order valence-corrected chi connectivity index (χ4v) is 1.92. The van der Waals surface area contributed by atoms with Crippen molar-refractivity contribution in [1.29, 1.82) is 0 Å². The van der Waals surface area contributed by atoms with Crippen molar-refractivity contribution in [2.45, 2.75) is 12.1 Å². The molecule has 8 nitrogen and oxygen atoms in total. The van der Waals surface area contributed by atoms with E-state index in [1.165, 1.54) is 18.1 Å². The Morgan fingerprint density at radius 3 is 3.16 bits per heavy atom. The Morgan fingerprint density at radius 2 is 2.53 bits per heavy atom. The van der Waals surface area contributed by atoms with Crippen LogP contribution in [0.5, 0.6) is 0 Å². The standard InChI is InChI=1S/C10H13N7OS/c1-7-8(4-17(2)16-7)3-12-14-9(18)5-19-10-11-6-13-15-10/h3-4,6H,5H2,1-2H3,(H,14,18)(H,11,13,15)/b12-3-. The van der Waals surface area contributed by atoms with Gasteiger partial charge in [0.25, 0.3) is 5.91 Å². The van der Waals surface area contributed by atoms with E-state index < -0.39 is 0 Å². The maximum Gasteiger partial charge on any atom is 0.250 e. The van der Waals surface area contributed by atoms with E-state index in [4.69, 9.17) is 0 Å². The third kappa shape index (κ3) is 3.91. The molecule has 1 amide bonds. The molecule has 9 heteroatoms. The molecule has 0 spiro atoms. The number of carbonyl (C=O) groups excluding carboxylic acids is 1. The van der Waals surface area contributed by atoms with Gasteiger partial charge in [-0.05, 0) is 6.92 Å². The van der Waals surface area contributed by atoms with E-state index in [9.17, 15) is 4.79 Å². The fraction of sp³-hybridized carbons (Fsp3) is 0.300. The third-order valence-corrected chi connectivity index (χ3v) is 3.05. The van der Waals surface area contributed by atoms with E-state index in [1.807, 2.05) is 20.2 Å².